The molecule has 0 aliphatic rings. The molecule has 7 nitrogen and oxygen atoms in total. The van der Waals surface area contributed by atoms with Gasteiger partial charge in [0.25, 0.3) is 10.2 Å². The Morgan fingerprint density at radius 1 is 1.32 bits per heavy atom. The lowest BCUT2D eigenvalue weighted by Gasteiger charge is -2.15. The Morgan fingerprint density at radius 2 is 2.00 bits per heavy atom. The smallest absolute Gasteiger partial charge is 0.279 e. The van der Waals surface area contributed by atoms with E-state index in [1.165, 1.54) is 11.4 Å². The summed E-state index contributed by atoms with van der Waals surface area (Å²) in [6.45, 7) is 2.36. The molecule has 0 aliphatic heterocycles. The molecule has 0 amide bonds. The number of benzene rings is 1. The number of hydrogen-bond acceptors (Lipinski definition) is 4. The van der Waals surface area contributed by atoms with E-state index in [4.69, 9.17) is 4.74 Å². The molecule has 2 aromatic rings. The maximum Gasteiger partial charge on any atom is 0.279 e. The van der Waals surface area contributed by atoms with Gasteiger partial charge in [0.15, 0.2) is 0 Å². The number of H-pyrrole nitrogens is 1. The van der Waals surface area contributed by atoms with Crippen molar-refractivity contribution in [3.8, 4) is 17.0 Å². The zero-order valence-electron chi connectivity index (χ0n) is 12.8. The van der Waals surface area contributed by atoms with E-state index in [1.54, 1.807) is 20.2 Å². The van der Waals surface area contributed by atoms with Gasteiger partial charge >= 0.3 is 0 Å². The van der Waals surface area contributed by atoms with Crippen molar-refractivity contribution >= 4 is 10.2 Å². The monoisotopic (exact) mass is 324 g/mol. The predicted octanol–water partition coefficient (Wildman–Crippen LogP) is 1.37. The Bertz CT molecular complexity index is 710. The van der Waals surface area contributed by atoms with Gasteiger partial charge in [-0.25, -0.2) is 0 Å². The highest BCUT2D eigenvalue weighted by Gasteiger charge is 2.17. The molecule has 0 saturated heterocycles. The Labute approximate surface area is 130 Å². The molecule has 0 aliphatic carbocycles. The summed E-state index contributed by atoms with van der Waals surface area (Å²) < 4.78 is 32.8. The maximum atomic E-state index is 12.0. The van der Waals surface area contributed by atoms with E-state index in [0.717, 1.165) is 22.6 Å². The summed E-state index contributed by atoms with van der Waals surface area (Å²) in [5, 5.41) is 6.90. The zero-order chi connectivity index (χ0) is 16.2. The van der Waals surface area contributed by atoms with Crippen LogP contribution in [0.5, 0.6) is 5.75 Å². The first kappa shape index (κ1) is 16.5. The highest BCUT2D eigenvalue weighted by molar-refractivity contribution is 7.87. The number of hydrogen-bond donors (Lipinski definition) is 2. The molecule has 0 bridgehead atoms. The summed E-state index contributed by atoms with van der Waals surface area (Å²) in [5.41, 5.74) is 2.47. The van der Waals surface area contributed by atoms with Crippen LogP contribution in [0.3, 0.4) is 0 Å². The second kappa shape index (κ2) is 6.91. The molecule has 2 N–H and O–H groups in total. The van der Waals surface area contributed by atoms with Crippen molar-refractivity contribution in [3.63, 3.8) is 0 Å². The van der Waals surface area contributed by atoms with E-state index in [2.05, 4.69) is 14.9 Å². The Balaban J connectivity index is 2.16. The first-order valence-electron chi connectivity index (χ1n) is 6.85. The van der Waals surface area contributed by atoms with Gasteiger partial charge in [-0.05, 0) is 24.3 Å². The van der Waals surface area contributed by atoms with E-state index >= 15 is 0 Å². The van der Waals surface area contributed by atoms with Gasteiger partial charge in [-0.1, -0.05) is 6.92 Å². The number of nitrogens with zero attached hydrogens (tertiary/aromatic N) is 2. The van der Waals surface area contributed by atoms with Crippen molar-refractivity contribution in [3.05, 3.63) is 36.0 Å². The molecule has 1 heterocycles. The zero-order valence-corrected chi connectivity index (χ0v) is 13.6. The number of aromatic nitrogens is 2. The fourth-order valence-corrected chi connectivity index (χ4v) is 2.80. The topological polar surface area (TPSA) is 87.3 Å². The van der Waals surface area contributed by atoms with Gasteiger partial charge in [0, 0.05) is 31.3 Å². The molecule has 2 rings (SSSR count). The summed E-state index contributed by atoms with van der Waals surface area (Å²) in [7, 11) is -0.338. The van der Waals surface area contributed by atoms with Gasteiger partial charge < -0.3 is 4.74 Å². The van der Waals surface area contributed by atoms with E-state index < -0.39 is 10.2 Å². The minimum atomic E-state index is -3.47. The third-order valence-electron chi connectivity index (χ3n) is 3.40. The van der Waals surface area contributed by atoms with Crippen molar-refractivity contribution in [2.45, 2.75) is 13.5 Å². The van der Waals surface area contributed by atoms with E-state index in [9.17, 15) is 8.42 Å². The fourth-order valence-electron chi connectivity index (χ4n) is 1.90. The Hall–Kier alpha value is -1.90. The molecule has 1 aromatic heterocycles. The van der Waals surface area contributed by atoms with Crippen molar-refractivity contribution in [2.75, 3.05) is 20.7 Å². The van der Waals surface area contributed by atoms with Crippen molar-refractivity contribution in [1.29, 1.82) is 0 Å². The highest BCUT2D eigenvalue weighted by atomic mass is 32.2. The standard InChI is InChI=1S/C14H20N4O3S/c1-4-18(2)22(19,20)16-10-12-9-15-17-14(12)11-5-7-13(21-3)8-6-11/h5-9,16H,4,10H2,1-3H3,(H,15,17). The van der Waals surface area contributed by atoms with E-state index in [0.29, 0.717) is 6.54 Å². The van der Waals surface area contributed by atoms with E-state index in [-0.39, 0.29) is 6.54 Å². The van der Waals surface area contributed by atoms with Gasteiger partial charge in [0.2, 0.25) is 0 Å². The number of ether oxygens (including phenoxy) is 1. The third-order valence-corrected chi connectivity index (χ3v) is 4.99. The normalized spacial score (nSPS) is 11.8. The van der Waals surface area contributed by atoms with Crippen LogP contribution in [-0.2, 0) is 16.8 Å². The largest absolute Gasteiger partial charge is 0.497 e. The molecular weight excluding hydrogens is 304 g/mol. The Morgan fingerprint density at radius 3 is 2.59 bits per heavy atom. The second-order valence-electron chi connectivity index (χ2n) is 4.74. The molecule has 1 aromatic carbocycles. The molecule has 0 spiro atoms. The number of rotatable bonds is 7. The predicted molar refractivity (Wildman–Crippen MR) is 84.6 cm³/mol. The average Bonchev–Trinajstić information content (AvgIpc) is 3.00. The highest BCUT2D eigenvalue weighted by Crippen LogP contribution is 2.23. The lowest BCUT2D eigenvalue weighted by Crippen LogP contribution is -2.37. The summed E-state index contributed by atoms with van der Waals surface area (Å²) in [4.78, 5) is 0. The molecule has 0 fully saturated rings. The van der Waals surface area contributed by atoms with Crippen LogP contribution in [0.25, 0.3) is 11.3 Å². The molecule has 120 valence electrons. The first-order chi connectivity index (χ1) is 10.5. The van der Waals surface area contributed by atoms with Crippen LogP contribution in [-0.4, -0.2) is 43.6 Å². The molecule has 22 heavy (non-hydrogen) atoms. The first-order valence-corrected chi connectivity index (χ1v) is 8.29. The second-order valence-corrected chi connectivity index (χ2v) is 6.60. The lowest BCUT2D eigenvalue weighted by atomic mass is 10.1. The van der Waals surface area contributed by atoms with Crippen LogP contribution in [0, 0.1) is 0 Å². The maximum absolute atomic E-state index is 12.0. The van der Waals surface area contributed by atoms with Crippen LogP contribution >= 0.6 is 0 Å². The number of methoxy groups -OCH3 is 1. The SMILES string of the molecule is CCN(C)S(=O)(=O)NCc1cn[nH]c1-c1ccc(OC)cc1. The summed E-state index contributed by atoms with van der Waals surface area (Å²) in [6, 6.07) is 7.47. The van der Waals surface area contributed by atoms with Crippen LogP contribution in [0.15, 0.2) is 30.5 Å². The van der Waals surface area contributed by atoms with Crippen molar-refractivity contribution in [2.24, 2.45) is 0 Å². The van der Waals surface area contributed by atoms with Crippen molar-refractivity contribution < 1.29 is 13.2 Å². The minimum absolute atomic E-state index is 0.171. The fraction of sp³-hybridized carbons (Fsp3) is 0.357. The van der Waals surface area contributed by atoms with Gasteiger partial charge in [0.05, 0.1) is 19.0 Å². The van der Waals surface area contributed by atoms with Gasteiger partial charge in [-0.2, -0.15) is 22.5 Å². The molecule has 0 atom stereocenters. The number of nitrogens with one attached hydrogen (secondary N) is 2. The lowest BCUT2D eigenvalue weighted by molar-refractivity contribution is 0.415. The molecule has 8 heteroatoms. The van der Waals surface area contributed by atoms with Crippen LogP contribution < -0.4 is 9.46 Å². The minimum Gasteiger partial charge on any atom is -0.497 e. The van der Waals surface area contributed by atoms with E-state index in [1.807, 2.05) is 24.3 Å². The average molecular weight is 324 g/mol. The van der Waals surface area contributed by atoms with Crippen molar-refractivity contribution in [1.82, 2.24) is 19.2 Å². The van der Waals surface area contributed by atoms with Crippen LogP contribution in [0.1, 0.15) is 12.5 Å². The molecular formula is C14H20N4O3S. The molecule has 0 unspecified atom stereocenters. The van der Waals surface area contributed by atoms with Crippen LogP contribution in [0.4, 0.5) is 0 Å². The molecule has 0 radical (unpaired) electrons. The Kier molecular flexibility index (Phi) is 5.17. The summed E-state index contributed by atoms with van der Waals surface area (Å²) in [5.74, 6) is 0.759. The quantitative estimate of drug-likeness (QED) is 0.805. The van der Waals surface area contributed by atoms with Gasteiger partial charge in [-0.15, -0.1) is 0 Å². The van der Waals surface area contributed by atoms with Gasteiger partial charge in [-0.3, -0.25) is 5.10 Å². The van der Waals surface area contributed by atoms with Crippen LogP contribution in [0.2, 0.25) is 0 Å². The van der Waals surface area contributed by atoms with Gasteiger partial charge in [0.1, 0.15) is 5.75 Å². The summed E-state index contributed by atoms with van der Waals surface area (Å²) in [6.07, 6.45) is 1.62. The summed E-state index contributed by atoms with van der Waals surface area (Å²) >= 11 is 0. The molecule has 0 saturated carbocycles. The third kappa shape index (κ3) is 3.65. The number of aromatic amines is 1.